The van der Waals surface area contributed by atoms with E-state index in [0.717, 1.165) is 19.6 Å². The average molecular weight is 243 g/mol. The first kappa shape index (κ1) is 14.4. The number of amides is 1. The van der Waals surface area contributed by atoms with Gasteiger partial charge in [-0.15, -0.1) is 0 Å². The number of carbonyl (C=O) groups is 1. The molecule has 0 aromatic rings. The zero-order chi connectivity index (χ0) is 12.5. The van der Waals surface area contributed by atoms with Gasteiger partial charge in [-0.1, -0.05) is 6.92 Å². The second-order valence-corrected chi connectivity index (χ2v) is 4.52. The number of nitrogens with one attached hydrogen (secondary N) is 2. The van der Waals surface area contributed by atoms with E-state index >= 15 is 0 Å². The molecule has 1 aliphatic rings. The standard InChI is InChI=1S/C12H25N3O2/c1-3-15-6-4-11(10-15)8-13-9-12(16)14-5-7-17-2/h11,13H,3-10H2,1-2H3,(H,14,16). The first-order valence-electron chi connectivity index (χ1n) is 6.45. The Balaban J connectivity index is 1.98. The first-order valence-corrected chi connectivity index (χ1v) is 6.45. The lowest BCUT2D eigenvalue weighted by Crippen LogP contribution is -2.37. The second-order valence-electron chi connectivity index (χ2n) is 4.52. The van der Waals surface area contributed by atoms with E-state index < -0.39 is 0 Å². The third kappa shape index (κ3) is 6.00. The summed E-state index contributed by atoms with van der Waals surface area (Å²) in [6, 6.07) is 0. The summed E-state index contributed by atoms with van der Waals surface area (Å²) in [6.45, 7) is 8.19. The minimum absolute atomic E-state index is 0.0485. The number of rotatable bonds is 8. The van der Waals surface area contributed by atoms with E-state index in [-0.39, 0.29) is 5.91 Å². The van der Waals surface area contributed by atoms with Crippen LogP contribution in [0, 0.1) is 5.92 Å². The fraction of sp³-hybridized carbons (Fsp3) is 0.917. The fourth-order valence-electron chi connectivity index (χ4n) is 2.11. The SMILES string of the molecule is CCN1CCC(CNCC(=O)NCCOC)C1. The summed E-state index contributed by atoms with van der Waals surface area (Å²) in [5.74, 6) is 0.745. The molecule has 1 unspecified atom stereocenters. The van der Waals surface area contributed by atoms with Gasteiger partial charge in [0.05, 0.1) is 13.2 Å². The van der Waals surface area contributed by atoms with Crippen molar-refractivity contribution in [2.75, 3.05) is 53.0 Å². The average Bonchev–Trinajstić information content (AvgIpc) is 2.77. The summed E-state index contributed by atoms with van der Waals surface area (Å²) in [7, 11) is 1.63. The molecule has 0 aromatic carbocycles. The summed E-state index contributed by atoms with van der Waals surface area (Å²) >= 11 is 0. The van der Waals surface area contributed by atoms with E-state index in [1.165, 1.54) is 13.0 Å². The number of hydrogen-bond donors (Lipinski definition) is 2. The van der Waals surface area contributed by atoms with Gasteiger partial charge in [-0.2, -0.15) is 0 Å². The van der Waals surface area contributed by atoms with Gasteiger partial charge in [0, 0.05) is 20.2 Å². The van der Waals surface area contributed by atoms with E-state index in [4.69, 9.17) is 4.74 Å². The maximum atomic E-state index is 11.4. The predicted molar refractivity (Wildman–Crippen MR) is 68.0 cm³/mol. The molecule has 2 N–H and O–H groups in total. The van der Waals surface area contributed by atoms with Crippen LogP contribution in [-0.2, 0) is 9.53 Å². The zero-order valence-electron chi connectivity index (χ0n) is 11.0. The van der Waals surface area contributed by atoms with Gasteiger partial charge in [-0.05, 0) is 32.0 Å². The summed E-state index contributed by atoms with van der Waals surface area (Å²) in [6.07, 6.45) is 1.24. The lowest BCUT2D eigenvalue weighted by atomic mass is 10.1. The van der Waals surface area contributed by atoms with Crippen LogP contribution in [0.25, 0.3) is 0 Å². The Labute approximate surface area is 104 Å². The molecular weight excluding hydrogens is 218 g/mol. The summed E-state index contributed by atoms with van der Waals surface area (Å²) in [5.41, 5.74) is 0. The second kappa shape index (κ2) is 8.44. The molecular formula is C12H25N3O2. The molecule has 0 bridgehead atoms. The zero-order valence-corrected chi connectivity index (χ0v) is 11.0. The van der Waals surface area contributed by atoms with Gasteiger partial charge in [0.1, 0.15) is 0 Å². The molecule has 1 atom stereocenters. The monoisotopic (exact) mass is 243 g/mol. The van der Waals surface area contributed by atoms with Gasteiger partial charge >= 0.3 is 0 Å². The number of methoxy groups -OCH3 is 1. The molecule has 1 fully saturated rings. The quantitative estimate of drug-likeness (QED) is 0.574. The normalized spacial score (nSPS) is 20.7. The summed E-state index contributed by atoms with van der Waals surface area (Å²) in [5, 5.41) is 6.01. The molecule has 0 saturated carbocycles. The van der Waals surface area contributed by atoms with Gasteiger partial charge < -0.3 is 20.3 Å². The van der Waals surface area contributed by atoms with Crippen LogP contribution >= 0.6 is 0 Å². The van der Waals surface area contributed by atoms with E-state index in [1.54, 1.807) is 7.11 Å². The number of carbonyl (C=O) groups excluding carboxylic acids is 1. The van der Waals surface area contributed by atoms with Crippen LogP contribution in [0.2, 0.25) is 0 Å². The van der Waals surface area contributed by atoms with Crippen molar-refractivity contribution in [2.45, 2.75) is 13.3 Å². The number of hydrogen-bond acceptors (Lipinski definition) is 4. The first-order chi connectivity index (χ1) is 8.26. The van der Waals surface area contributed by atoms with Crippen molar-refractivity contribution in [1.29, 1.82) is 0 Å². The molecule has 1 amide bonds. The number of nitrogens with zero attached hydrogens (tertiary/aromatic N) is 1. The Kier molecular flexibility index (Phi) is 7.16. The van der Waals surface area contributed by atoms with Crippen LogP contribution in [-0.4, -0.2) is 63.8 Å². The van der Waals surface area contributed by atoms with Crippen molar-refractivity contribution >= 4 is 5.91 Å². The Morgan fingerprint density at radius 1 is 1.53 bits per heavy atom. The lowest BCUT2D eigenvalue weighted by molar-refractivity contribution is -0.120. The van der Waals surface area contributed by atoms with Crippen LogP contribution < -0.4 is 10.6 Å². The van der Waals surface area contributed by atoms with Crippen LogP contribution in [0.4, 0.5) is 0 Å². The van der Waals surface area contributed by atoms with Crippen molar-refractivity contribution in [1.82, 2.24) is 15.5 Å². The van der Waals surface area contributed by atoms with Crippen LogP contribution in [0.1, 0.15) is 13.3 Å². The van der Waals surface area contributed by atoms with Crippen molar-refractivity contribution in [3.05, 3.63) is 0 Å². The third-order valence-corrected chi connectivity index (χ3v) is 3.16. The highest BCUT2D eigenvalue weighted by atomic mass is 16.5. The van der Waals surface area contributed by atoms with Gasteiger partial charge in [0.25, 0.3) is 0 Å². The molecule has 100 valence electrons. The van der Waals surface area contributed by atoms with Crippen molar-refractivity contribution in [3.63, 3.8) is 0 Å². The van der Waals surface area contributed by atoms with Crippen LogP contribution in [0.15, 0.2) is 0 Å². The summed E-state index contributed by atoms with van der Waals surface area (Å²) in [4.78, 5) is 13.8. The Morgan fingerprint density at radius 2 is 2.35 bits per heavy atom. The smallest absolute Gasteiger partial charge is 0.234 e. The highest BCUT2D eigenvalue weighted by Crippen LogP contribution is 2.14. The van der Waals surface area contributed by atoms with Gasteiger partial charge in [-0.25, -0.2) is 0 Å². The minimum atomic E-state index is 0.0485. The molecule has 0 aliphatic carbocycles. The van der Waals surface area contributed by atoms with Crippen molar-refractivity contribution in [2.24, 2.45) is 5.92 Å². The Bertz CT molecular complexity index is 224. The molecule has 0 spiro atoms. The van der Waals surface area contributed by atoms with E-state index in [0.29, 0.717) is 25.6 Å². The predicted octanol–water partition coefficient (Wildman–Crippen LogP) is -0.320. The third-order valence-electron chi connectivity index (χ3n) is 3.16. The maximum Gasteiger partial charge on any atom is 0.234 e. The molecule has 5 nitrogen and oxygen atoms in total. The Morgan fingerprint density at radius 3 is 3.00 bits per heavy atom. The van der Waals surface area contributed by atoms with Gasteiger partial charge in [0.2, 0.25) is 5.91 Å². The molecule has 1 heterocycles. The molecule has 1 rings (SSSR count). The van der Waals surface area contributed by atoms with Crippen molar-refractivity contribution < 1.29 is 9.53 Å². The molecule has 0 aromatic heterocycles. The molecule has 1 aliphatic heterocycles. The number of ether oxygens (including phenoxy) is 1. The lowest BCUT2D eigenvalue weighted by Gasteiger charge is -2.13. The van der Waals surface area contributed by atoms with Crippen LogP contribution in [0.3, 0.4) is 0 Å². The largest absolute Gasteiger partial charge is 0.383 e. The topological polar surface area (TPSA) is 53.6 Å². The highest BCUT2D eigenvalue weighted by molar-refractivity contribution is 5.77. The molecule has 5 heteroatoms. The number of likely N-dealkylation sites (tertiary alicyclic amines) is 1. The Hall–Kier alpha value is -0.650. The molecule has 17 heavy (non-hydrogen) atoms. The molecule has 0 radical (unpaired) electrons. The van der Waals surface area contributed by atoms with Crippen molar-refractivity contribution in [3.8, 4) is 0 Å². The van der Waals surface area contributed by atoms with Gasteiger partial charge in [0.15, 0.2) is 0 Å². The van der Waals surface area contributed by atoms with Crippen LogP contribution in [0.5, 0.6) is 0 Å². The fourth-order valence-corrected chi connectivity index (χ4v) is 2.11. The van der Waals surface area contributed by atoms with E-state index in [9.17, 15) is 4.79 Å². The van der Waals surface area contributed by atoms with E-state index in [1.807, 2.05) is 0 Å². The highest BCUT2D eigenvalue weighted by Gasteiger charge is 2.20. The van der Waals surface area contributed by atoms with E-state index in [2.05, 4.69) is 22.5 Å². The summed E-state index contributed by atoms with van der Waals surface area (Å²) < 4.78 is 4.86. The maximum absolute atomic E-state index is 11.4. The molecule has 1 saturated heterocycles. The minimum Gasteiger partial charge on any atom is -0.383 e. The van der Waals surface area contributed by atoms with Gasteiger partial charge in [-0.3, -0.25) is 4.79 Å².